The third kappa shape index (κ3) is 4.68. The average molecular weight is 469 g/mol. The van der Waals surface area contributed by atoms with E-state index in [-0.39, 0.29) is 17.0 Å². The average Bonchev–Trinajstić information content (AvgIpc) is 3.13. The van der Waals surface area contributed by atoms with Crippen LogP contribution in [0, 0.1) is 0 Å². The highest BCUT2D eigenvalue weighted by atomic mass is 32.2. The molecule has 2 aromatic carbocycles. The van der Waals surface area contributed by atoms with Crippen LogP contribution in [0.1, 0.15) is 22.3 Å². The number of halogens is 3. The molecule has 0 aromatic heterocycles. The van der Waals surface area contributed by atoms with Crippen LogP contribution in [0.25, 0.3) is 0 Å². The molecular weight excluding hydrogens is 447 g/mol. The van der Waals surface area contributed by atoms with Gasteiger partial charge in [0.25, 0.3) is 5.91 Å². The molecule has 2 aliphatic rings. The number of rotatable bonds is 4. The summed E-state index contributed by atoms with van der Waals surface area (Å²) < 4.78 is 71.6. The zero-order valence-corrected chi connectivity index (χ0v) is 17.9. The summed E-state index contributed by atoms with van der Waals surface area (Å²) in [5.41, 5.74) is -0.323. The Kier molecular flexibility index (Phi) is 6.04. The van der Waals surface area contributed by atoms with E-state index in [4.69, 9.17) is 4.74 Å². The van der Waals surface area contributed by atoms with Crippen molar-refractivity contribution in [2.24, 2.45) is 0 Å². The van der Waals surface area contributed by atoms with Crippen LogP contribution in [0.2, 0.25) is 0 Å². The summed E-state index contributed by atoms with van der Waals surface area (Å²) in [6.45, 7) is 2.21. The Morgan fingerprint density at radius 1 is 0.969 bits per heavy atom. The van der Waals surface area contributed by atoms with Gasteiger partial charge in [-0.1, -0.05) is 0 Å². The molecular formula is C21H22F3N3O4S. The summed E-state index contributed by atoms with van der Waals surface area (Å²) in [6.07, 6.45) is -4.13. The fourth-order valence-corrected chi connectivity index (χ4v) is 5.36. The first-order valence-electron chi connectivity index (χ1n) is 10.1. The number of morpholine rings is 1. The summed E-state index contributed by atoms with van der Waals surface area (Å²) in [5, 5.41) is 2.33. The van der Waals surface area contributed by atoms with Crippen molar-refractivity contribution in [3.05, 3.63) is 53.6 Å². The molecule has 2 heterocycles. The second-order valence-electron chi connectivity index (χ2n) is 7.57. The maximum Gasteiger partial charge on any atom is 0.418 e. The number of alkyl halides is 3. The molecule has 1 N–H and O–H groups in total. The zero-order valence-electron chi connectivity index (χ0n) is 17.1. The second kappa shape index (κ2) is 8.62. The molecule has 4 rings (SSSR count). The van der Waals surface area contributed by atoms with Crippen molar-refractivity contribution in [1.29, 1.82) is 0 Å². The topological polar surface area (TPSA) is 79.0 Å². The fraction of sp³-hybridized carbons (Fsp3) is 0.381. The van der Waals surface area contributed by atoms with Crippen molar-refractivity contribution in [3.8, 4) is 0 Å². The summed E-state index contributed by atoms with van der Waals surface area (Å²) in [7, 11) is -3.36. The highest BCUT2D eigenvalue weighted by molar-refractivity contribution is 7.93. The van der Waals surface area contributed by atoms with Crippen LogP contribution in [-0.2, 0) is 20.9 Å². The maximum atomic E-state index is 13.7. The fourth-order valence-electron chi connectivity index (χ4n) is 3.80. The smallest absolute Gasteiger partial charge is 0.378 e. The molecule has 2 aliphatic heterocycles. The van der Waals surface area contributed by atoms with Crippen LogP contribution < -0.4 is 14.5 Å². The first-order chi connectivity index (χ1) is 15.1. The largest absolute Gasteiger partial charge is 0.418 e. The molecule has 0 saturated carbocycles. The van der Waals surface area contributed by atoms with Gasteiger partial charge >= 0.3 is 6.18 Å². The van der Waals surface area contributed by atoms with Crippen molar-refractivity contribution in [1.82, 2.24) is 0 Å². The Balaban J connectivity index is 1.54. The number of hydrogen-bond donors (Lipinski definition) is 1. The van der Waals surface area contributed by atoms with Crippen molar-refractivity contribution in [2.75, 3.05) is 53.1 Å². The Morgan fingerprint density at radius 2 is 1.62 bits per heavy atom. The minimum atomic E-state index is -4.65. The quantitative estimate of drug-likeness (QED) is 0.743. The van der Waals surface area contributed by atoms with Gasteiger partial charge in [0.15, 0.2) is 0 Å². The molecule has 2 fully saturated rings. The number of hydrogen-bond acceptors (Lipinski definition) is 5. The summed E-state index contributed by atoms with van der Waals surface area (Å²) in [4.78, 5) is 14.4. The lowest BCUT2D eigenvalue weighted by molar-refractivity contribution is -0.136. The predicted octanol–water partition coefficient (Wildman–Crippen LogP) is 3.33. The third-order valence-corrected chi connectivity index (χ3v) is 7.32. The Bertz CT molecular complexity index is 1100. The van der Waals surface area contributed by atoms with Gasteiger partial charge in [0.1, 0.15) is 0 Å². The lowest BCUT2D eigenvalue weighted by atomic mass is 10.1. The summed E-state index contributed by atoms with van der Waals surface area (Å²) in [5.74, 6) is -0.652. The Labute approximate surface area is 183 Å². The van der Waals surface area contributed by atoms with Crippen LogP contribution >= 0.6 is 0 Å². The molecule has 0 unspecified atom stereocenters. The molecule has 172 valence electrons. The summed E-state index contributed by atoms with van der Waals surface area (Å²) in [6, 6.07) is 9.56. The van der Waals surface area contributed by atoms with Gasteiger partial charge in [-0.2, -0.15) is 13.2 Å². The second-order valence-corrected chi connectivity index (χ2v) is 9.58. The molecule has 11 heteroatoms. The Morgan fingerprint density at radius 3 is 2.22 bits per heavy atom. The van der Waals surface area contributed by atoms with Gasteiger partial charge < -0.3 is 15.0 Å². The predicted molar refractivity (Wildman–Crippen MR) is 115 cm³/mol. The number of sulfonamides is 1. The van der Waals surface area contributed by atoms with Crippen LogP contribution in [-0.4, -0.2) is 52.9 Å². The SMILES string of the molecule is O=C(Nc1ccc(N2CCOCC2)cc1C(F)(F)F)c1ccc(N2CCCS2(=O)=O)cc1. The molecule has 0 spiro atoms. The minimum Gasteiger partial charge on any atom is -0.378 e. The van der Waals surface area contributed by atoms with Gasteiger partial charge in [-0.3, -0.25) is 9.10 Å². The number of nitrogens with one attached hydrogen (secondary N) is 1. The van der Waals surface area contributed by atoms with Gasteiger partial charge in [-0.05, 0) is 48.9 Å². The Hall–Kier alpha value is -2.79. The van der Waals surface area contributed by atoms with Crippen LogP contribution in [0.3, 0.4) is 0 Å². The normalized spacial score (nSPS) is 18.6. The minimum absolute atomic E-state index is 0.0654. The number of amides is 1. The molecule has 2 aromatic rings. The highest BCUT2D eigenvalue weighted by Gasteiger charge is 2.35. The number of ether oxygens (including phenoxy) is 1. The van der Waals surface area contributed by atoms with Crippen molar-refractivity contribution in [3.63, 3.8) is 0 Å². The van der Waals surface area contributed by atoms with Gasteiger partial charge in [0.2, 0.25) is 10.0 Å². The molecule has 2 saturated heterocycles. The zero-order chi connectivity index (χ0) is 22.9. The van der Waals surface area contributed by atoms with E-state index in [9.17, 15) is 26.4 Å². The van der Waals surface area contributed by atoms with Gasteiger partial charge in [0.05, 0.1) is 35.9 Å². The molecule has 0 aliphatic carbocycles. The van der Waals surface area contributed by atoms with E-state index < -0.39 is 27.7 Å². The standard InChI is InChI=1S/C21H22F3N3O4S/c22-21(23,24)18-14-17(26-9-11-31-12-10-26)6-7-19(18)25-20(28)15-2-4-16(5-3-15)27-8-1-13-32(27,29)30/h2-7,14H,1,8-13H2,(H,25,28). The van der Waals surface area contributed by atoms with Crippen molar-refractivity contribution < 1.29 is 31.1 Å². The molecule has 0 bridgehead atoms. The number of carbonyl (C=O) groups is 1. The van der Waals surface area contributed by atoms with Crippen LogP contribution in [0.4, 0.5) is 30.2 Å². The third-order valence-electron chi connectivity index (χ3n) is 5.45. The van der Waals surface area contributed by atoms with E-state index in [1.807, 2.05) is 0 Å². The van der Waals surface area contributed by atoms with E-state index in [1.165, 1.54) is 40.7 Å². The van der Waals surface area contributed by atoms with Crippen LogP contribution in [0.5, 0.6) is 0 Å². The first kappa shape index (κ1) is 22.4. The van der Waals surface area contributed by atoms with Gasteiger partial charge in [0, 0.05) is 30.9 Å². The maximum absolute atomic E-state index is 13.7. The van der Waals surface area contributed by atoms with Crippen molar-refractivity contribution in [2.45, 2.75) is 12.6 Å². The number of anilines is 3. The molecule has 32 heavy (non-hydrogen) atoms. The van der Waals surface area contributed by atoms with Crippen LogP contribution in [0.15, 0.2) is 42.5 Å². The highest BCUT2D eigenvalue weighted by Crippen LogP contribution is 2.38. The lowest BCUT2D eigenvalue weighted by Crippen LogP contribution is -2.36. The van der Waals surface area contributed by atoms with Crippen molar-refractivity contribution >= 4 is 33.0 Å². The van der Waals surface area contributed by atoms with E-state index in [1.54, 1.807) is 4.90 Å². The molecule has 7 nitrogen and oxygen atoms in total. The summed E-state index contributed by atoms with van der Waals surface area (Å²) >= 11 is 0. The van der Waals surface area contributed by atoms with E-state index >= 15 is 0 Å². The first-order valence-corrected chi connectivity index (χ1v) is 11.7. The van der Waals surface area contributed by atoms with E-state index in [0.717, 1.165) is 6.07 Å². The van der Waals surface area contributed by atoms with E-state index in [0.29, 0.717) is 50.6 Å². The lowest BCUT2D eigenvalue weighted by Gasteiger charge is -2.29. The molecule has 0 atom stereocenters. The number of nitrogens with zero attached hydrogens (tertiary/aromatic N) is 2. The number of benzene rings is 2. The molecule has 1 amide bonds. The molecule has 0 radical (unpaired) electrons. The number of carbonyl (C=O) groups excluding carboxylic acids is 1. The monoisotopic (exact) mass is 469 g/mol. The van der Waals surface area contributed by atoms with Gasteiger partial charge in [-0.25, -0.2) is 8.42 Å². The van der Waals surface area contributed by atoms with Gasteiger partial charge in [-0.15, -0.1) is 0 Å². The van der Waals surface area contributed by atoms with E-state index in [2.05, 4.69) is 5.32 Å².